The lowest BCUT2D eigenvalue weighted by atomic mass is 9.94. The second-order valence-electron chi connectivity index (χ2n) is 8.59. The number of para-hydroxylation sites is 1. The summed E-state index contributed by atoms with van der Waals surface area (Å²) in [4.78, 5) is 27.8. The molecule has 1 atom stereocenters. The molecule has 1 fully saturated rings. The van der Waals surface area contributed by atoms with Crippen LogP contribution >= 0.6 is 0 Å². The van der Waals surface area contributed by atoms with Crippen molar-refractivity contribution in [3.8, 4) is 11.5 Å². The van der Waals surface area contributed by atoms with Gasteiger partial charge in [-0.3, -0.25) is 9.59 Å². The van der Waals surface area contributed by atoms with E-state index in [0.29, 0.717) is 29.2 Å². The van der Waals surface area contributed by atoms with Crippen LogP contribution in [0.4, 0.5) is 0 Å². The summed E-state index contributed by atoms with van der Waals surface area (Å²) in [6, 6.07) is 11.9. The molecule has 2 aromatic rings. The van der Waals surface area contributed by atoms with Crippen LogP contribution in [-0.4, -0.2) is 41.5 Å². The van der Waals surface area contributed by atoms with E-state index in [0.717, 1.165) is 24.8 Å². The van der Waals surface area contributed by atoms with Crippen molar-refractivity contribution in [2.24, 2.45) is 0 Å². The minimum absolute atomic E-state index is 0.0159. The number of unbranched alkanes of at least 4 members (excludes halogenated alkanes) is 2. The van der Waals surface area contributed by atoms with Crippen LogP contribution in [0.1, 0.15) is 62.8 Å². The number of ketones is 1. The van der Waals surface area contributed by atoms with Gasteiger partial charge in [0.05, 0.1) is 24.8 Å². The van der Waals surface area contributed by atoms with Gasteiger partial charge in [0.25, 0.3) is 11.7 Å². The van der Waals surface area contributed by atoms with E-state index in [4.69, 9.17) is 9.47 Å². The third-order valence-electron chi connectivity index (χ3n) is 5.79. The molecule has 2 aromatic carbocycles. The van der Waals surface area contributed by atoms with E-state index in [1.54, 1.807) is 36.3 Å². The van der Waals surface area contributed by atoms with Crippen LogP contribution in [0.2, 0.25) is 0 Å². The number of hydrogen-bond acceptors (Lipinski definition) is 5. The molecule has 6 heteroatoms. The first-order valence-electron chi connectivity index (χ1n) is 11.5. The minimum Gasteiger partial charge on any atom is -0.507 e. The lowest BCUT2D eigenvalue weighted by Gasteiger charge is -2.26. The number of carbonyl (C=O) groups excluding carboxylic acids is 2. The van der Waals surface area contributed by atoms with Crippen LogP contribution in [0, 0.1) is 6.92 Å². The lowest BCUT2D eigenvalue weighted by Crippen LogP contribution is -2.30. The molecule has 1 N–H and O–H groups in total. The lowest BCUT2D eigenvalue weighted by molar-refractivity contribution is -0.139. The second-order valence-corrected chi connectivity index (χ2v) is 8.59. The third kappa shape index (κ3) is 5.05. The van der Waals surface area contributed by atoms with E-state index in [1.807, 2.05) is 39.0 Å². The van der Waals surface area contributed by atoms with Crippen LogP contribution in [0.3, 0.4) is 0 Å². The Labute approximate surface area is 195 Å². The Balaban J connectivity index is 2.14. The van der Waals surface area contributed by atoms with E-state index in [9.17, 15) is 14.7 Å². The van der Waals surface area contributed by atoms with Crippen molar-refractivity contribution < 1.29 is 24.2 Å². The number of hydrogen-bond donors (Lipinski definition) is 1. The van der Waals surface area contributed by atoms with Crippen LogP contribution in [0.5, 0.6) is 11.5 Å². The average Bonchev–Trinajstić information content (AvgIpc) is 3.04. The maximum absolute atomic E-state index is 13.2. The molecule has 1 unspecified atom stereocenters. The molecule has 0 aliphatic carbocycles. The van der Waals surface area contributed by atoms with E-state index < -0.39 is 17.7 Å². The van der Waals surface area contributed by atoms with Crippen LogP contribution < -0.4 is 9.47 Å². The van der Waals surface area contributed by atoms with Gasteiger partial charge in [0.15, 0.2) is 0 Å². The van der Waals surface area contributed by atoms with E-state index in [2.05, 4.69) is 6.92 Å². The normalized spacial score (nSPS) is 17.6. The summed E-state index contributed by atoms with van der Waals surface area (Å²) in [7, 11) is 1.55. The molecule has 1 aliphatic heterocycles. The fourth-order valence-electron chi connectivity index (χ4n) is 4.20. The molecular weight excluding hydrogens is 418 g/mol. The molecule has 1 heterocycles. The number of aliphatic hydroxyl groups is 1. The number of amides is 1. The van der Waals surface area contributed by atoms with Crippen molar-refractivity contribution in [1.82, 2.24) is 4.90 Å². The van der Waals surface area contributed by atoms with Crippen molar-refractivity contribution in [1.29, 1.82) is 0 Å². The van der Waals surface area contributed by atoms with Gasteiger partial charge in [-0.25, -0.2) is 0 Å². The molecule has 1 saturated heterocycles. The Hall–Kier alpha value is -3.28. The maximum Gasteiger partial charge on any atom is 0.295 e. The molecule has 0 saturated carbocycles. The number of rotatable bonds is 9. The standard InChI is InChI=1S/C27H33NO5/c1-6-7-10-15-28-24(20-11-8-9-12-22(20)32-5)23(26(30)27(28)31)25(29)19-13-14-21(18(4)16-19)33-17(2)3/h8-9,11-14,16-17,24,29H,6-7,10,15H2,1-5H3/b25-23+. The van der Waals surface area contributed by atoms with Gasteiger partial charge in [0.1, 0.15) is 17.3 Å². The largest absolute Gasteiger partial charge is 0.507 e. The summed E-state index contributed by atoms with van der Waals surface area (Å²) in [5.74, 6) is -0.197. The summed E-state index contributed by atoms with van der Waals surface area (Å²) < 4.78 is 11.3. The van der Waals surface area contributed by atoms with Crippen molar-refractivity contribution in [2.45, 2.75) is 59.1 Å². The highest BCUT2D eigenvalue weighted by Crippen LogP contribution is 2.43. The fraction of sp³-hybridized carbons (Fsp3) is 0.407. The van der Waals surface area contributed by atoms with Crippen molar-refractivity contribution in [3.05, 3.63) is 64.7 Å². The van der Waals surface area contributed by atoms with Crippen molar-refractivity contribution in [3.63, 3.8) is 0 Å². The Morgan fingerprint density at radius 2 is 1.82 bits per heavy atom. The highest BCUT2D eigenvalue weighted by molar-refractivity contribution is 6.46. The number of ether oxygens (including phenoxy) is 2. The van der Waals surface area contributed by atoms with E-state index >= 15 is 0 Å². The van der Waals surface area contributed by atoms with Gasteiger partial charge in [-0.2, -0.15) is 0 Å². The van der Waals surface area contributed by atoms with Gasteiger partial charge in [-0.15, -0.1) is 0 Å². The van der Waals surface area contributed by atoms with Gasteiger partial charge in [0, 0.05) is 17.7 Å². The van der Waals surface area contributed by atoms with Gasteiger partial charge in [-0.05, 0) is 57.0 Å². The summed E-state index contributed by atoms with van der Waals surface area (Å²) in [5, 5.41) is 11.3. The maximum atomic E-state index is 13.2. The summed E-state index contributed by atoms with van der Waals surface area (Å²) in [6.45, 7) is 8.29. The molecule has 3 rings (SSSR count). The molecule has 0 radical (unpaired) electrons. The number of aryl methyl sites for hydroxylation is 1. The number of likely N-dealkylation sites (tertiary alicyclic amines) is 1. The number of nitrogens with zero attached hydrogens (tertiary/aromatic N) is 1. The summed E-state index contributed by atoms with van der Waals surface area (Å²) in [6.07, 6.45) is 2.73. The first-order chi connectivity index (χ1) is 15.8. The quantitative estimate of drug-likeness (QED) is 0.239. The summed E-state index contributed by atoms with van der Waals surface area (Å²) >= 11 is 0. The minimum atomic E-state index is -0.718. The first kappa shape index (κ1) is 24.4. The molecule has 0 aromatic heterocycles. The Morgan fingerprint density at radius 1 is 1.09 bits per heavy atom. The highest BCUT2D eigenvalue weighted by Gasteiger charge is 2.46. The molecule has 1 aliphatic rings. The predicted octanol–water partition coefficient (Wildman–Crippen LogP) is 5.40. The van der Waals surface area contributed by atoms with Crippen molar-refractivity contribution >= 4 is 17.4 Å². The molecule has 6 nitrogen and oxygen atoms in total. The molecule has 33 heavy (non-hydrogen) atoms. The van der Waals surface area contributed by atoms with Crippen LogP contribution in [-0.2, 0) is 9.59 Å². The topological polar surface area (TPSA) is 76.1 Å². The predicted molar refractivity (Wildman–Crippen MR) is 128 cm³/mol. The number of benzene rings is 2. The number of carbonyl (C=O) groups is 2. The van der Waals surface area contributed by atoms with E-state index in [1.165, 1.54) is 0 Å². The first-order valence-corrected chi connectivity index (χ1v) is 11.5. The van der Waals surface area contributed by atoms with Crippen molar-refractivity contribution in [2.75, 3.05) is 13.7 Å². The fourth-order valence-corrected chi connectivity index (χ4v) is 4.20. The highest BCUT2D eigenvalue weighted by atomic mass is 16.5. The van der Waals surface area contributed by atoms with Crippen LogP contribution in [0.15, 0.2) is 48.0 Å². The second kappa shape index (κ2) is 10.6. The Kier molecular flexibility index (Phi) is 7.79. The van der Waals surface area contributed by atoms with Gasteiger partial charge < -0.3 is 19.5 Å². The zero-order valence-corrected chi connectivity index (χ0v) is 20.1. The number of aliphatic hydroxyl groups excluding tert-OH is 1. The molecular formula is C27H33NO5. The zero-order valence-electron chi connectivity index (χ0n) is 20.1. The molecule has 176 valence electrons. The van der Waals surface area contributed by atoms with Gasteiger partial charge in [-0.1, -0.05) is 38.0 Å². The Morgan fingerprint density at radius 3 is 2.45 bits per heavy atom. The smallest absolute Gasteiger partial charge is 0.295 e. The van der Waals surface area contributed by atoms with E-state index in [-0.39, 0.29) is 17.4 Å². The number of methoxy groups -OCH3 is 1. The third-order valence-corrected chi connectivity index (χ3v) is 5.79. The molecule has 0 spiro atoms. The van der Waals surface area contributed by atoms with Gasteiger partial charge in [0.2, 0.25) is 0 Å². The molecule has 0 bridgehead atoms. The summed E-state index contributed by atoms with van der Waals surface area (Å²) in [5.41, 5.74) is 2.06. The Bertz CT molecular complexity index is 1060. The average molecular weight is 452 g/mol. The SMILES string of the molecule is CCCCCN1C(=O)C(=O)/C(=C(/O)c2ccc(OC(C)C)c(C)c2)C1c1ccccc1OC. The van der Waals surface area contributed by atoms with Crippen LogP contribution in [0.25, 0.3) is 5.76 Å². The van der Waals surface area contributed by atoms with Gasteiger partial charge >= 0.3 is 0 Å². The molecule has 1 amide bonds. The number of Topliss-reactive ketones (excluding diaryl/α,β-unsaturated/α-hetero) is 1. The monoisotopic (exact) mass is 451 g/mol. The zero-order chi connectivity index (χ0) is 24.1.